The van der Waals surface area contributed by atoms with Gasteiger partial charge < -0.3 is 9.47 Å². The first kappa shape index (κ1) is 26.0. The van der Waals surface area contributed by atoms with Crippen molar-refractivity contribution in [3.05, 3.63) is 71.8 Å². The Morgan fingerprint density at radius 2 is 1.06 bits per heavy atom. The smallest absolute Gasteiger partial charge is 0.306 e. The first-order chi connectivity index (χ1) is 16.1. The predicted molar refractivity (Wildman–Crippen MR) is 136 cm³/mol. The minimum Gasteiger partial charge on any atom is -0.465 e. The SMILES string of the molecule is CC(C)(CC(=O)OCC1(COC(=O)CC(C)(C)c2ccccc2)CCCCC1)c1ccccc1. The van der Waals surface area contributed by atoms with Gasteiger partial charge in [0, 0.05) is 16.2 Å². The van der Waals surface area contributed by atoms with Gasteiger partial charge in [0.1, 0.15) is 13.2 Å². The molecule has 0 spiro atoms. The number of esters is 2. The van der Waals surface area contributed by atoms with E-state index in [0.717, 1.165) is 36.8 Å². The Morgan fingerprint density at radius 3 is 1.44 bits per heavy atom. The fourth-order valence-electron chi connectivity index (χ4n) is 4.91. The minimum atomic E-state index is -0.298. The van der Waals surface area contributed by atoms with Crippen LogP contribution in [0.4, 0.5) is 0 Å². The largest absolute Gasteiger partial charge is 0.465 e. The molecule has 0 aliphatic heterocycles. The van der Waals surface area contributed by atoms with Gasteiger partial charge in [0.05, 0.1) is 12.8 Å². The van der Waals surface area contributed by atoms with Crippen LogP contribution in [-0.4, -0.2) is 25.2 Å². The second kappa shape index (κ2) is 11.2. The molecule has 0 bridgehead atoms. The van der Waals surface area contributed by atoms with Crippen molar-refractivity contribution in [2.45, 2.75) is 83.5 Å². The predicted octanol–water partition coefficient (Wildman–Crippen LogP) is 6.76. The molecule has 1 fully saturated rings. The van der Waals surface area contributed by atoms with Crippen LogP contribution in [0.1, 0.15) is 83.8 Å². The van der Waals surface area contributed by atoms with Crippen LogP contribution in [0.2, 0.25) is 0 Å². The maximum atomic E-state index is 12.8. The van der Waals surface area contributed by atoms with E-state index in [0.29, 0.717) is 26.1 Å². The van der Waals surface area contributed by atoms with Gasteiger partial charge in [0.25, 0.3) is 0 Å². The zero-order valence-corrected chi connectivity index (χ0v) is 21.3. The first-order valence-corrected chi connectivity index (χ1v) is 12.5. The summed E-state index contributed by atoms with van der Waals surface area (Å²) in [5.41, 5.74) is 1.36. The van der Waals surface area contributed by atoms with Gasteiger partial charge in [-0.25, -0.2) is 0 Å². The van der Waals surface area contributed by atoms with Gasteiger partial charge in [-0.2, -0.15) is 0 Å². The molecule has 34 heavy (non-hydrogen) atoms. The number of benzene rings is 2. The molecule has 0 atom stereocenters. The minimum absolute atomic E-state index is 0.199. The third kappa shape index (κ3) is 7.19. The molecule has 0 aromatic heterocycles. The first-order valence-electron chi connectivity index (χ1n) is 12.5. The molecule has 2 aromatic rings. The zero-order chi connectivity index (χ0) is 24.7. The third-order valence-corrected chi connectivity index (χ3v) is 7.28. The lowest BCUT2D eigenvalue weighted by Gasteiger charge is -2.36. The summed E-state index contributed by atoms with van der Waals surface area (Å²) in [7, 11) is 0. The highest BCUT2D eigenvalue weighted by Gasteiger charge is 2.36. The molecule has 0 saturated heterocycles. The van der Waals surface area contributed by atoms with Crippen molar-refractivity contribution >= 4 is 11.9 Å². The van der Waals surface area contributed by atoms with E-state index in [1.54, 1.807) is 0 Å². The molecule has 184 valence electrons. The van der Waals surface area contributed by atoms with Crippen molar-refractivity contribution in [1.29, 1.82) is 0 Å². The second-order valence-electron chi connectivity index (χ2n) is 11.2. The van der Waals surface area contributed by atoms with E-state index in [2.05, 4.69) is 27.7 Å². The maximum Gasteiger partial charge on any atom is 0.306 e. The zero-order valence-electron chi connectivity index (χ0n) is 21.3. The number of carbonyl (C=O) groups is 2. The van der Waals surface area contributed by atoms with Crippen LogP contribution in [-0.2, 0) is 29.9 Å². The van der Waals surface area contributed by atoms with Crippen LogP contribution >= 0.6 is 0 Å². The quantitative estimate of drug-likeness (QED) is 0.365. The van der Waals surface area contributed by atoms with Crippen molar-refractivity contribution in [1.82, 2.24) is 0 Å². The Hall–Kier alpha value is -2.62. The van der Waals surface area contributed by atoms with Crippen LogP contribution < -0.4 is 0 Å². The monoisotopic (exact) mass is 464 g/mol. The fourth-order valence-corrected chi connectivity index (χ4v) is 4.91. The standard InChI is InChI=1S/C30H40O4/c1-28(2,24-14-8-5-9-15-24)20-26(31)33-22-30(18-12-7-13-19-30)23-34-27(32)21-29(3,4)25-16-10-6-11-17-25/h5-6,8-11,14-17H,7,12-13,18-23H2,1-4H3. The van der Waals surface area contributed by atoms with E-state index in [4.69, 9.17) is 9.47 Å². The van der Waals surface area contributed by atoms with Crippen molar-refractivity contribution in [3.8, 4) is 0 Å². The van der Waals surface area contributed by atoms with Gasteiger partial charge in [-0.1, -0.05) is 108 Å². The molecule has 0 heterocycles. The van der Waals surface area contributed by atoms with Crippen LogP contribution in [0.15, 0.2) is 60.7 Å². The van der Waals surface area contributed by atoms with Gasteiger partial charge >= 0.3 is 11.9 Å². The van der Waals surface area contributed by atoms with Crippen LogP contribution in [0.3, 0.4) is 0 Å². The Balaban J connectivity index is 1.56. The number of ether oxygens (including phenoxy) is 2. The molecule has 0 radical (unpaired) electrons. The average Bonchev–Trinajstić information content (AvgIpc) is 2.83. The van der Waals surface area contributed by atoms with Gasteiger partial charge in [-0.05, 0) is 24.0 Å². The maximum absolute atomic E-state index is 12.8. The van der Waals surface area contributed by atoms with Crippen molar-refractivity contribution in [2.75, 3.05) is 13.2 Å². The number of carbonyl (C=O) groups excluding carboxylic acids is 2. The van der Waals surface area contributed by atoms with E-state index in [1.165, 1.54) is 6.42 Å². The van der Waals surface area contributed by atoms with Gasteiger partial charge in [0.2, 0.25) is 0 Å². The molecule has 0 amide bonds. The molecule has 1 saturated carbocycles. The summed E-state index contributed by atoms with van der Waals surface area (Å²) in [6, 6.07) is 20.1. The summed E-state index contributed by atoms with van der Waals surface area (Å²) in [4.78, 5) is 25.5. The van der Waals surface area contributed by atoms with E-state index in [1.807, 2.05) is 60.7 Å². The molecule has 0 N–H and O–H groups in total. The van der Waals surface area contributed by atoms with Crippen LogP contribution in [0.25, 0.3) is 0 Å². The Labute approximate surface area is 205 Å². The average molecular weight is 465 g/mol. The van der Waals surface area contributed by atoms with Gasteiger partial charge in [0.15, 0.2) is 0 Å². The fraction of sp³-hybridized carbons (Fsp3) is 0.533. The highest BCUT2D eigenvalue weighted by molar-refractivity contribution is 5.72. The molecular formula is C30H40O4. The number of hydrogen-bond acceptors (Lipinski definition) is 4. The molecule has 4 nitrogen and oxygen atoms in total. The third-order valence-electron chi connectivity index (χ3n) is 7.28. The Bertz CT molecular complexity index is 853. The molecular weight excluding hydrogens is 424 g/mol. The summed E-state index contributed by atoms with van der Waals surface area (Å²) in [5.74, 6) is -0.398. The summed E-state index contributed by atoms with van der Waals surface area (Å²) < 4.78 is 11.6. The topological polar surface area (TPSA) is 52.6 Å². The van der Waals surface area contributed by atoms with E-state index >= 15 is 0 Å². The van der Waals surface area contributed by atoms with E-state index in [9.17, 15) is 9.59 Å². The molecule has 3 rings (SSSR count). The normalized spacial score (nSPS) is 16.0. The lowest BCUT2D eigenvalue weighted by Crippen LogP contribution is -2.37. The molecule has 1 aliphatic rings. The molecule has 4 heteroatoms. The molecule has 0 unspecified atom stereocenters. The van der Waals surface area contributed by atoms with Crippen molar-refractivity contribution in [2.24, 2.45) is 5.41 Å². The second-order valence-corrected chi connectivity index (χ2v) is 11.2. The van der Waals surface area contributed by atoms with Gasteiger partial charge in [-0.3, -0.25) is 9.59 Å². The Morgan fingerprint density at radius 1 is 0.676 bits per heavy atom. The lowest BCUT2D eigenvalue weighted by molar-refractivity contribution is -0.157. The molecule has 1 aliphatic carbocycles. The highest BCUT2D eigenvalue weighted by atomic mass is 16.5. The van der Waals surface area contributed by atoms with Crippen LogP contribution in [0.5, 0.6) is 0 Å². The summed E-state index contributed by atoms with van der Waals surface area (Å²) in [6.07, 6.45) is 5.78. The molecule has 2 aromatic carbocycles. The van der Waals surface area contributed by atoms with Crippen molar-refractivity contribution in [3.63, 3.8) is 0 Å². The van der Waals surface area contributed by atoms with E-state index < -0.39 is 0 Å². The number of hydrogen-bond donors (Lipinski definition) is 0. The number of rotatable bonds is 10. The highest BCUT2D eigenvalue weighted by Crippen LogP contribution is 2.38. The Kier molecular flexibility index (Phi) is 8.57. The summed E-state index contributed by atoms with van der Waals surface area (Å²) in [6.45, 7) is 8.89. The van der Waals surface area contributed by atoms with Crippen LogP contribution in [0, 0.1) is 5.41 Å². The summed E-state index contributed by atoms with van der Waals surface area (Å²) >= 11 is 0. The van der Waals surface area contributed by atoms with Gasteiger partial charge in [-0.15, -0.1) is 0 Å². The summed E-state index contributed by atoms with van der Waals surface area (Å²) in [5, 5.41) is 0. The van der Waals surface area contributed by atoms with Crippen molar-refractivity contribution < 1.29 is 19.1 Å². The lowest BCUT2D eigenvalue weighted by atomic mass is 9.75. The van der Waals surface area contributed by atoms with E-state index in [-0.39, 0.29) is 28.2 Å².